The molecule has 0 unspecified atom stereocenters. The number of aliphatic hydroxyl groups is 1. The van der Waals surface area contributed by atoms with Crippen LogP contribution in [0.2, 0.25) is 0 Å². The molecule has 1 N–H and O–H groups in total. The summed E-state index contributed by atoms with van der Waals surface area (Å²) in [5, 5.41) is 11.7. The maximum absolute atomic E-state index is 12.9. The zero-order valence-electron chi connectivity index (χ0n) is 16.3. The molecular formula is C21H35NO3. The lowest BCUT2D eigenvalue weighted by Crippen LogP contribution is -2.52. The third kappa shape index (κ3) is 2.43. The molecule has 4 aliphatic rings. The van der Waals surface area contributed by atoms with Gasteiger partial charge in [-0.25, -0.2) is 5.06 Å². The summed E-state index contributed by atoms with van der Waals surface area (Å²) >= 11 is 0. The Labute approximate surface area is 152 Å². The van der Waals surface area contributed by atoms with Gasteiger partial charge in [-0.15, -0.1) is 0 Å². The molecule has 25 heavy (non-hydrogen) atoms. The van der Waals surface area contributed by atoms with Gasteiger partial charge in [-0.3, -0.25) is 9.63 Å². The predicted octanol–water partition coefficient (Wildman–Crippen LogP) is 3.64. The van der Waals surface area contributed by atoms with E-state index < -0.39 is 0 Å². The number of hydrogen-bond acceptors (Lipinski definition) is 3. The van der Waals surface area contributed by atoms with Crippen LogP contribution in [0.1, 0.15) is 65.2 Å². The molecule has 0 aromatic heterocycles. The molecule has 1 amide bonds. The third-order valence-corrected chi connectivity index (χ3v) is 9.18. The van der Waals surface area contributed by atoms with Crippen molar-refractivity contribution in [1.29, 1.82) is 0 Å². The molecule has 8 atom stereocenters. The van der Waals surface area contributed by atoms with Crippen LogP contribution in [0.3, 0.4) is 0 Å². The van der Waals surface area contributed by atoms with Crippen LogP contribution in [0, 0.1) is 40.4 Å². The van der Waals surface area contributed by atoms with E-state index >= 15 is 0 Å². The number of carbonyl (C=O) groups is 1. The van der Waals surface area contributed by atoms with Crippen molar-refractivity contribution >= 4 is 5.91 Å². The van der Waals surface area contributed by atoms with Crippen molar-refractivity contribution in [2.75, 3.05) is 14.2 Å². The lowest BCUT2D eigenvalue weighted by atomic mass is 9.47. The van der Waals surface area contributed by atoms with Gasteiger partial charge in [0.2, 0.25) is 5.91 Å². The van der Waals surface area contributed by atoms with Gasteiger partial charge in [0.15, 0.2) is 0 Å². The number of carbonyl (C=O) groups excluding carboxylic acids is 1. The Kier molecular flexibility index (Phi) is 4.23. The molecule has 0 radical (unpaired) electrons. The molecule has 142 valence electrons. The lowest BCUT2D eigenvalue weighted by molar-refractivity contribution is -0.180. The highest BCUT2D eigenvalue weighted by Crippen LogP contribution is 2.68. The zero-order valence-corrected chi connectivity index (χ0v) is 16.3. The van der Waals surface area contributed by atoms with Gasteiger partial charge in [0, 0.05) is 13.0 Å². The van der Waals surface area contributed by atoms with Crippen molar-refractivity contribution in [3.63, 3.8) is 0 Å². The number of rotatable bonds is 2. The van der Waals surface area contributed by atoms with E-state index in [0.29, 0.717) is 17.3 Å². The van der Waals surface area contributed by atoms with E-state index in [1.54, 1.807) is 14.2 Å². The zero-order chi connectivity index (χ0) is 18.0. The maximum atomic E-state index is 12.9. The minimum atomic E-state index is -0.0877. The van der Waals surface area contributed by atoms with E-state index in [4.69, 9.17) is 4.84 Å². The standard InChI is InChI=1S/C21H35NO3/c1-20-10-9-17-15(6-5-13-11-14(23)12-21(13,17)2)16(20)7-8-18(20)19(24)22(3)25-4/h13-18,23H,5-12H2,1-4H3/t13-,14+,15-,16-,17-,18+,20-,21-/m0/s1. The highest BCUT2D eigenvalue weighted by Gasteiger charge is 2.62. The molecule has 0 heterocycles. The summed E-state index contributed by atoms with van der Waals surface area (Å²) in [4.78, 5) is 18.0. The summed E-state index contributed by atoms with van der Waals surface area (Å²) in [5.74, 6) is 3.16. The molecule has 0 aromatic rings. The van der Waals surface area contributed by atoms with Gasteiger partial charge in [-0.2, -0.15) is 0 Å². The van der Waals surface area contributed by atoms with E-state index in [1.165, 1.54) is 30.7 Å². The van der Waals surface area contributed by atoms with Crippen LogP contribution in [0.4, 0.5) is 0 Å². The molecule has 4 heteroatoms. The maximum Gasteiger partial charge on any atom is 0.249 e. The molecule has 0 aliphatic heterocycles. The Bertz CT molecular complexity index is 551. The highest BCUT2D eigenvalue weighted by molar-refractivity contribution is 5.79. The lowest BCUT2D eigenvalue weighted by Gasteiger charge is -2.57. The van der Waals surface area contributed by atoms with Gasteiger partial charge in [0.1, 0.15) is 0 Å². The van der Waals surface area contributed by atoms with Gasteiger partial charge in [-0.1, -0.05) is 13.8 Å². The average molecular weight is 350 g/mol. The van der Waals surface area contributed by atoms with Gasteiger partial charge in [-0.05, 0) is 85.9 Å². The second-order valence-corrected chi connectivity index (χ2v) is 9.94. The SMILES string of the molecule is CON(C)C(=O)[C@H]1CC[C@H]2[C@@H]3CC[C@H]4C[C@@H](O)C[C@]4(C)[C@H]3CC[C@]12C. The van der Waals surface area contributed by atoms with Gasteiger partial charge < -0.3 is 5.11 Å². The number of aliphatic hydroxyl groups excluding tert-OH is 1. The van der Waals surface area contributed by atoms with Crippen LogP contribution in [0.5, 0.6) is 0 Å². The van der Waals surface area contributed by atoms with Crippen LogP contribution in [0.15, 0.2) is 0 Å². The Morgan fingerprint density at radius 1 is 1.08 bits per heavy atom. The summed E-state index contributed by atoms with van der Waals surface area (Å²) in [6, 6.07) is 0. The van der Waals surface area contributed by atoms with E-state index in [9.17, 15) is 9.90 Å². The summed E-state index contributed by atoms with van der Waals surface area (Å²) in [7, 11) is 3.33. The highest BCUT2D eigenvalue weighted by atomic mass is 16.7. The smallest absolute Gasteiger partial charge is 0.249 e. The van der Waals surface area contributed by atoms with Crippen LogP contribution in [-0.2, 0) is 9.63 Å². The molecule has 4 nitrogen and oxygen atoms in total. The summed E-state index contributed by atoms with van der Waals surface area (Å²) in [6.45, 7) is 4.84. The number of fused-ring (bicyclic) bond motifs is 5. The van der Waals surface area contributed by atoms with Gasteiger partial charge in [0.05, 0.1) is 13.2 Å². The van der Waals surface area contributed by atoms with Crippen molar-refractivity contribution in [2.45, 2.75) is 71.3 Å². The fourth-order valence-corrected chi connectivity index (χ4v) is 7.87. The van der Waals surface area contributed by atoms with E-state index in [2.05, 4.69) is 13.8 Å². The number of nitrogens with zero attached hydrogens (tertiary/aromatic N) is 1. The molecule has 0 bridgehead atoms. The Morgan fingerprint density at radius 3 is 2.52 bits per heavy atom. The van der Waals surface area contributed by atoms with Crippen molar-refractivity contribution in [1.82, 2.24) is 5.06 Å². The summed E-state index contributed by atoms with van der Waals surface area (Å²) in [5.41, 5.74) is 0.459. The first-order valence-electron chi connectivity index (χ1n) is 10.3. The quantitative estimate of drug-likeness (QED) is 0.775. The van der Waals surface area contributed by atoms with Crippen molar-refractivity contribution in [3.05, 3.63) is 0 Å². The van der Waals surface area contributed by atoms with Gasteiger partial charge >= 0.3 is 0 Å². The van der Waals surface area contributed by atoms with E-state index in [0.717, 1.165) is 37.5 Å². The normalized spacial score (nSPS) is 51.6. The summed E-state index contributed by atoms with van der Waals surface area (Å²) < 4.78 is 0. The average Bonchev–Trinajstić information content (AvgIpc) is 3.08. The fraction of sp³-hybridized carbons (Fsp3) is 0.952. The molecule has 4 rings (SSSR count). The largest absolute Gasteiger partial charge is 0.393 e. The molecule has 4 aliphatic carbocycles. The fourth-order valence-electron chi connectivity index (χ4n) is 7.87. The minimum absolute atomic E-state index is 0.0877. The second kappa shape index (κ2) is 5.95. The molecule has 0 spiro atoms. The van der Waals surface area contributed by atoms with Crippen LogP contribution >= 0.6 is 0 Å². The number of hydroxylamine groups is 2. The first kappa shape index (κ1) is 17.8. The first-order valence-corrected chi connectivity index (χ1v) is 10.3. The molecular weight excluding hydrogens is 314 g/mol. The monoisotopic (exact) mass is 349 g/mol. The van der Waals surface area contributed by atoms with Crippen molar-refractivity contribution in [2.24, 2.45) is 40.4 Å². The summed E-state index contributed by atoms with van der Waals surface area (Å²) in [6.07, 6.45) is 9.10. The Hall–Kier alpha value is -0.610. The van der Waals surface area contributed by atoms with E-state index in [1.807, 2.05) is 0 Å². The molecule has 4 saturated carbocycles. The number of hydrogen-bond donors (Lipinski definition) is 1. The van der Waals surface area contributed by atoms with Crippen LogP contribution in [0.25, 0.3) is 0 Å². The molecule has 0 aromatic carbocycles. The number of amides is 1. The molecule has 0 saturated heterocycles. The van der Waals surface area contributed by atoms with E-state index in [-0.39, 0.29) is 23.3 Å². The van der Waals surface area contributed by atoms with Crippen molar-refractivity contribution < 1.29 is 14.7 Å². The van der Waals surface area contributed by atoms with Crippen LogP contribution < -0.4 is 0 Å². The topological polar surface area (TPSA) is 49.8 Å². The molecule has 4 fully saturated rings. The minimum Gasteiger partial charge on any atom is -0.393 e. The Morgan fingerprint density at radius 2 is 1.80 bits per heavy atom. The first-order chi connectivity index (χ1) is 11.8. The van der Waals surface area contributed by atoms with Crippen molar-refractivity contribution in [3.8, 4) is 0 Å². The predicted molar refractivity (Wildman–Crippen MR) is 96.4 cm³/mol. The second-order valence-electron chi connectivity index (χ2n) is 9.94. The van der Waals surface area contributed by atoms with Gasteiger partial charge in [0.25, 0.3) is 0 Å². The van der Waals surface area contributed by atoms with Crippen LogP contribution in [-0.4, -0.2) is 36.3 Å². The third-order valence-electron chi connectivity index (χ3n) is 9.18. The Balaban J connectivity index is 1.59.